The first-order valence-electron chi connectivity index (χ1n) is 4.96. The van der Waals surface area contributed by atoms with Gasteiger partial charge in [0.2, 0.25) is 5.91 Å². The number of hydrogen-bond acceptors (Lipinski definition) is 2. The summed E-state index contributed by atoms with van der Waals surface area (Å²) in [4.78, 5) is 11.9. The quantitative estimate of drug-likeness (QED) is 0.513. The van der Waals surface area contributed by atoms with Crippen molar-refractivity contribution in [3.63, 3.8) is 0 Å². The van der Waals surface area contributed by atoms with Crippen molar-refractivity contribution < 1.29 is 9.18 Å². The van der Waals surface area contributed by atoms with Crippen LogP contribution in [0.5, 0.6) is 0 Å². The van der Waals surface area contributed by atoms with Crippen molar-refractivity contribution in [3.8, 4) is 0 Å². The van der Waals surface area contributed by atoms with E-state index in [2.05, 4.69) is 15.9 Å². The van der Waals surface area contributed by atoms with Crippen LogP contribution in [0.25, 0.3) is 0 Å². The third kappa shape index (κ3) is 1.74. The fraction of sp³-hybridized carbons (Fsp3) is 0.364. The van der Waals surface area contributed by atoms with Gasteiger partial charge in [0.05, 0.1) is 5.41 Å². The highest BCUT2D eigenvalue weighted by atomic mass is 79.9. The molecular formula is C11H12BrFN2O. The lowest BCUT2D eigenvalue weighted by Gasteiger charge is -2.20. The second-order valence-corrected chi connectivity index (χ2v) is 5.04. The Bertz CT molecular complexity index is 444. The van der Waals surface area contributed by atoms with Crippen molar-refractivity contribution in [2.75, 3.05) is 7.05 Å². The Hall–Kier alpha value is -0.940. The van der Waals surface area contributed by atoms with E-state index >= 15 is 0 Å². The molecule has 1 aromatic carbocycles. The molecule has 1 aliphatic rings. The minimum absolute atomic E-state index is 0.232. The molecule has 0 bridgehead atoms. The Morgan fingerprint density at radius 1 is 1.56 bits per heavy atom. The number of rotatable bonds is 2. The summed E-state index contributed by atoms with van der Waals surface area (Å²) in [6.45, 7) is 0. The summed E-state index contributed by atoms with van der Waals surface area (Å²) < 4.78 is 14.5. The van der Waals surface area contributed by atoms with Crippen molar-refractivity contribution in [1.29, 1.82) is 0 Å². The molecule has 0 heterocycles. The molecule has 1 fully saturated rings. The third-order valence-electron chi connectivity index (χ3n) is 2.92. The first-order chi connectivity index (χ1) is 7.47. The fourth-order valence-corrected chi connectivity index (χ4v) is 2.29. The van der Waals surface area contributed by atoms with Gasteiger partial charge in [-0.2, -0.15) is 0 Å². The Labute approximate surface area is 102 Å². The Balaban J connectivity index is 2.44. The number of nitrogens with two attached hydrogens (primary N) is 1. The number of likely N-dealkylation sites (N-methyl/N-ethyl adjacent to an activating group) is 1. The van der Waals surface area contributed by atoms with Crippen LogP contribution < -0.4 is 5.84 Å². The second kappa shape index (κ2) is 3.82. The maximum Gasteiger partial charge on any atom is 0.246 e. The number of halogens is 2. The summed E-state index contributed by atoms with van der Waals surface area (Å²) in [5.74, 6) is 4.85. The van der Waals surface area contributed by atoms with Crippen LogP contribution in [0, 0.1) is 5.82 Å². The molecule has 2 N–H and O–H groups in total. The maximum atomic E-state index is 13.7. The lowest BCUT2D eigenvalue weighted by Crippen LogP contribution is -2.41. The molecule has 16 heavy (non-hydrogen) atoms. The van der Waals surface area contributed by atoms with Crippen LogP contribution in [0.4, 0.5) is 4.39 Å². The molecule has 0 aromatic heterocycles. The zero-order chi connectivity index (χ0) is 11.9. The van der Waals surface area contributed by atoms with E-state index in [1.807, 2.05) is 0 Å². The number of carbonyl (C=O) groups is 1. The van der Waals surface area contributed by atoms with Gasteiger partial charge >= 0.3 is 0 Å². The van der Waals surface area contributed by atoms with Crippen molar-refractivity contribution in [2.24, 2.45) is 5.84 Å². The van der Waals surface area contributed by atoms with E-state index in [0.717, 1.165) is 9.48 Å². The smallest absolute Gasteiger partial charge is 0.246 e. The number of amides is 1. The Morgan fingerprint density at radius 3 is 2.69 bits per heavy atom. The average molecular weight is 287 g/mol. The van der Waals surface area contributed by atoms with Crippen LogP contribution in [-0.2, 0) is 10.2 Å². The Morgan fingerprint density at radius 2 is 2.19 bits per heavy atom. The second-order valence-electron chi connectivity index (χ2n) is 4.12. The molecule has 0 aliphatic heterocycles. The number of hydrazine groups is 1. The van der Waals surface area contributed by atoms with Crippen molar-refractivity contribution >= 4 is 21.8 Å². The lowest BCUT2D eigenvalue weighted by atomic mass is 9.94. The molecule has 3 nitrogen and oxygen atoms in total. The Kier molecular flexibility index (Phi) is 2.75. The van der Waals surface area contributed by atoms with Crippen LogP contribution >= 0.6 is 15.9 Å². The summed E-state index contributed by atoms with van der Waals surface area (Å²) in [6, 6.07) is 4.64. The highest BCUT2D eigenvalue weighted by Crippen LogP contribution is 2.50. The molecule has 0 unspecified atom stereocenters. The van der Waals surface area contributed by atoms with Gasteiger partial charge in [-0.3, -0.25) is 9.80 Å². The highest BCUT2D eigenvalue weighted by Gasteiger charge is 2.53. The van der Waals surface area contributed by atoms with E-state index in [1.54, 1.807) is 12.1 Å². The molecule has 0 radical (unpaired) electrons. The molecule has 86 valence electrons. The van der Waals surface area contributed by atoms with Gasteiger partial charge in [-0.25, -0.2) is 10.2 Å². The van der Waals surface area contributed by atoms with Gasteiger partial charge in [0.25, 0.3) is 0 Å². The molecule has 1 aromatic rings. The standard InChI is InChI=1S/C11H12BrFN2O/c1-15(14)10(16)11(4-5-11)8-6-7(12)2-3-9(8)13/h2-3,6H,4-5,14H2,1H3. The molecule has 1 amide bonds. The van der Waals surface area contributed by atoms with Gasteiger partial charge in [0, 0.05) is 17.1 Å². The predicted octanol–water partition coefficient (Wildman–Crippen LogP) is 1.95. The number of carbonyl (C=O) groups excluding carboxylic acids is 1. The molecular weight excluding hydrogens is 275 g/mol. The van der Waals surface area contributed by atoms with Gasteiger partial charge < -0.3 is 0 Å². The zero-order valence-corrected chi connectivity index (χ0v) is 10.4. The molecule has 0 atom stereocenters. The van der Waals surface area contributed by atoms with Crippen LogP contribution in [0.1, 0.15) is 18.4 Å². The summed E-state index contributed by atoms with van der Waals surface area (Å²) in [5.41, 5.74) is -0.304. The van der Waals surface area contributed by atoms with Crippen LogP contribution in [0.3, 0.4) is 0 Å². The largest absolute Gasteiger partial charge is 0.283 e. The van der Waals surface area contributed by atoms with Crippen LogP contribution in [0.2, 0.25) is 0 Å². The van der Waals surface area contributed by atoms with Crippen molar-refractivity contribution in [3.05, 3.63) is 34.1 Å². The van der Waals surface area contributed by atoms with E-state index in [4.69, 9.17) is 5.84 Å². The SMILES string of the molecule is CN(N)C(=O)C1(c2cc(Br)ccc2F)CC1. The highest BCUT2D eigenvalue weighted by molar-refractivity contribution is 9.10. The van der Waals surface area contributed by atoms with Gasteiger partial charge in [0.1, 0.15) is 5.82 Å². The molecule has 0 spiro atoms. The number of benzene rings is 1. The van der Waals surface area contributed by atoms with Gasteiger partial charge in [-0.05, 0) is 31.0 Å². The van der Waals surface area contributed by atoms with Crippen molar-refractivity contribution in [2.45, 2.75) is 18.3 Å². The van der Waals surface area contributed by atoms with Gasteiger partial charge in [0.15, 0.2) is 0 Å². The summed E-state index contributed by atoms with van der Waals surface area (Å²) >= 11 is 3.28. The van der Waals surface area contributed by atoms with Gasteiger partial charge in [-0.1, -0.05) is 15.9 Å². The molecule has 1 aliphatic carbocycles. The van der Waals surface area contributed by atoms with E-state index in [1.165, 1.54) is 13.1 Å². The normalized spacial score (nSPS) is 17.0. The van der Waals surface area contributed by atoms with E-state index in [0.29, 0.717) is 18.4 Å². The number of hydrogen-bond donors (Lipinski definition) is 1. The maximum absolute atomic E-state index is 13.7. The monoisotopic (exact) mass is 286 g/mol. The summed E-state index contributed by atoms with van der Waals surface area (Å²) in [7, 11) is 1.48. The molecule has 1 saturated carbocycles. The van der Waals surface area contributed by atoms with Gasteiger partial charge in [-0.15, -0.1) is 0 Å². The lowest BCUT2D eigenvalue weighted by molar-refractivity contribution is -0.132. The first kappa shape index (κ1) is 11.5. The summed E-state index contributed by atoms with van der Waals surface area (Å²) in [6.07, 6.45) is 1.31. The zero-order valence-electron chi connectivity index (χ0n) is 8.84. The van der Waals surface area contributed by atoms with E-state index < -0.39 is 5.41 Å². The first-order valence-corrected chi connectivity index (χ1v) is 5.75. The minimum Gasteiger partial charge on any atom is -0.283 e. The molecule has 2 rings (SSSR count). The average Bonchev–Trinajstić information content (AvgIpc) is 3.01. The van der Waals surface area contributed by atoms with Crippen LogP contribution in [0.15, 0.2) is 22.7 Å². The minimum atomic E-state index is -0.739. The fourth-order valence-electron chi connectivity index (χ4n) is 1.93. The third-order valence-corrected chi connectivity index (χ3v) is 3.42. The topological polar surface area (TPSA) is 46.3 Å². The van der Waals surface area contributed by atoms with Crippen LogP contribution in [-0.4, -0.2) is 18.0 Å². The number of nitrogens with zero attached hydrogens (tertiary/aromatic N) is 1. The molecule has 5 heteroatoms. The van der Waals surface area contributed by atoms with E-state index in [-0.39, 0.29) is 11.7 Å². The molecule has 0 saturated heterocycles. The predicted molar refractivity (Wildman–Crippen MR) is 62.0 cm³/mol. The van der Waals surface area contributed by atoms with Crippen molar-refractivity contribution in [1.82, 2.24) is 5.01 Å². The van der Waals surface area contributed by atoms with E-state index in [9.17, 15) is 9.18 Å². The summed E-state index contributed by atoms with van der Waals surface area (Å²) in [5, 5.41) is 1.04.